The van der Waals surface area contributed by atoms with Gasteiger partial charge in [0.15, 0.2) is 0 Å². The Labute approximate surface area is 113 Å². The molecule has 16 heavy (non-hydrogen) atoms. The van der Waals surface area contributed by atoms with Crippen molar-refractivity contribution in [1.82, 2.24) is 0 Å². The molecule has 0 aromatic heterocycles. The van der Waals surface area contributed by atoms with Crippen molar-refractivity contribution in [3.63, 3.8) is 0 Å². The molecule has 0 saturated heterocycles. The summed E-state index contributed by atoms with van der Waals surface area (Å²) >= 11 is 11.6. The minimum absolute atomic E-state index is 1.10. The van der Waals surface area contributed by atoms with Crippen LogP contribution in [0.4, 0.5) is 0 Å². The van der Waals surface area contributed by atoms with Crippen LogP contribution in [0.3, 0.4) is 0 Å². The molecule has 0 atom stereocenters. The number of rotatable bonds is 12. The minimum atomic E-state index is -1.31. The van der Waals surface area contributed by atoms with E-state index in [0.29, 0.717) is 0 Å². The third-order valence-electron chi connectivity index (χ3n) is 3.03. The Bertz CT molecular complexity index is 129. The standard InChI is InChI=1S/C13H28Cl2Si/c1-2-3-4-5-6-7-8-9-10-11-12-13-16(14)15/h16H,2-13H2,1H3. The minimum Gasteiger partial charge on any atom is -0.150 e. The molecule has 0 heterocycles. The smallest absolute Gasteiger partial charge is 0.150 e. The molecule has 0 aliphatic carbocycles. The van der Waals surface area contributed by atoms with E-state index in [1.807, 2.05) is 0 Å². The van der Waals surface area contributed by atoms with Crippen molar-refractivity contribution in [2.75, 3.05) is 0 Å². The van der Waals surface area contributed by atoms with E-state index in [9.17, 15) is 0 Å². The molecule has 0 bridgehead atoms. The first-order valence-electron chi connectivity index (χ1n) is 7.05. The van der Waals surface area contributed by atoms with Gasteiger partial charge in [-0.2, -0.15) is 22.2 Å². The maximum absolute atomic E-state index is 5.81. The first kappa shape index (κ1) is 16.8. The fourth-order valence-corrected chi connectivity index (χ4v) is 3.49. The van der Waals surface area contributed by atoms with Gasteiger partial charge in [-0.05, 0) is 6.04 Å². The molecule has 0 unspecified atom stereocenters. The highest BCUT2D eigenvalue weighted by atomic mass is 35.7. The Morgan fingerprint density at radius 1 is 0.625 bits per heavy atom. The van der Waals surface area contributed by atoms with E-state index >= 15 is 0 Å². The maximum Gasteiger partial charge on any atom is 0.237 e. The summed E-state index contributed by atoms with van der Waals surface area (Å²) in [5.74, 6) is 0. The van der Waals surface area contributed by atoms with Crippen molar-refractivity contribution in [3.8, 4) is 0 Å². The van der Waals surface area contributed by atoms with Gasteiger partial charge < -0.3 is 0 Å². The normalized spacial score (nSPS) is 11.2. The van der Waals surface area contributed by atoms with Crippen molar-refractivity contribution in [2.45, 2.75) is 83.6 Å². The van der Waals surface area contributed by atoms with Crippen molar-refractivity contribution < 1.29 is 0 Å². The van der Waals surface area contributed by atoms with Gasteiger partial charge in [-0.1, -0.05) is 77.6 Å². The largest absolute Gasteiger partial charge is 0.237 e. The van der Waals surface area contributed by atoms with E-state index in [-0.39, 0.29) is 0 Å². The Morgan fingerprint density at radius 2 is 1.00 bits per heavy atom. The van der Waals surface area contributed by atoms with Crippen LogP contribution in [0.15, 0.2) is 0 Å². The van der Waals surface area contributed by atoms with Gasteiger partial charge in [0.2, 0.25) is 7.42 Å². The van der Waals surface area contributed by atoms with Crippen molar-refractivity contribution in [3.05, 3.63) is 0 Å². The highest BCUT2D eigenvalue weighted by Crippen LogP contribution is 2.14. The van der Waals surface area contributed by atoms with Gasteiger partial charge in [0.1, 0.15) is 0 Å². The Morgan fingerprint density at radius 3 is 1.38 bits per heavy atom. The predicted molar refractivity (Wildman–Crippen MR) is 80.1 cm³/mol. The Balaban J connectivity index is 2.88. The lowest BCUT2D eigenvalue weighted by molar-refractivity contribution is 0.554. The molecule has 0 N–H and O–H groups in total. The van der Waals surface area contributed by atoms with Gasteiger partial charge in [0.05, 0.1) is 0 Å². The number of hydrogen-bond acceptors (Lipinski definition) is 0. The summed E-state index contributed by atoms with van der Waals surface area (Å²) in [6.45, 7) is 2.27. The molecular formula is C13H28Cl2Si. The third-order valence-corrected chi connectivity index (χ3v) is 5.18. The highest BCUT2D eigenvalue weighted by molar-refractivity contribution is 7.33. The molecule has 0 aliphatic heterocycles. The van der Waals surface area contributed by atoms with Crippen LogP contribution in [0, 0.1) is 0 Å². The molecule has 0 aromatic rings. The summed E-state index contributed by atoms with van der Waals surface area (Å²) in [4.78, 5) is 0. The first-order valence-corrected chi connectivity index (χ1v) is 11.4. The maximum atomic E-state index is 5.81. The topological polar surface area (TPSA) is 0 Å². The second kappa shape index (κ2) is 13.9. The number of hydrogen-bond donors (Lipinski definition) is 0. The van der Waals surface area contributed by atoms with Crippen molar-refractivity contribution in [1.29, 1.82) is 0 Å². The summed E-state index contributed by atoms with van der Waals surface area (Å²) in [6, 6.07) is 1.10. The van der Waals surface area contributed by atoms with Crippen molar-refractivity contribution >= 4 is 29.6 Å². The van der Waals surface area contributed by atoms with Gasteiger partial charge in [0.25, 0.3) is 0 Å². The molecule has 3 heteroatoms. The van der Waals surface area contributed by atoms with Crippen LogP contribution in [0.5, 0.6) is 0 Å². The Hall–Kier alpha value is 0.797. The van der Waals surface area contributed by atoms with Crippen LogP contribution in [0.2, 0.25) is 6.04 Å². The van der Waals surface area contributed by atoms with Crippen molar-refractivity contribution in [2.24, 2.45) is 0 Å². The number of unbranched alkanes of at least 4 members (excludes halogenated alkanes) is 10. The van der Waals surface area contributed by atoms with E-state index < -0.39 is 7.42 Å². The fraction of sp³-hybridized carbons (Fsp3) is 1.00. The molecule has 0 amide bonds. The van der Waals surface area contributed by atoms with Gasteiger partial charge in [-0.25, -0.2) is 0 Å². The fourth-order valence-electron chi connectivity index (χ4n) is 1.96. The molecule has 0 nitrogen and oxygen atoms in total. The van der Waals surface area contributed by atoms with E-state index in [4.69, 9.17) is 22.2 Å². The quantitative estimate of drug-likeness (QED) is 0.234. The molecule has 0 aromatic carbocycles. The number of halogens is 2. The van der Waals surface area contributed by atoms with Crippen LogP contribution < -0.4 is 0 Å². The van der Waals surface area contributed by atoms with Crippen LogP contribution in [-0.4, -0.2) is 7.42 Å². The lowest BCUT2D eigenvalue weighted by atomic mass is 10.1. The van der Waals surface area contributed by atoms with Crippen LogP contribution in [0.1, 0.15) is 77.6 Å². The van der Waals surface area contributed by atoms with E-state index in [1.165, 1.54) is 70.6 Å². The van der Waals surface area contributed by atoms with E-state index in [0.717, 1.165) is 6.04 Å². The summed E-state index contributed by atoms with van der Waals surface area (Å²) in [5.41, 5.74) is 0. The van der Waals surface area contributed by atoms with Gasteiger partial charge in [-0.15, -0.1) is 0 Å². The molecule has 0 saturated carbocycles. The SMILES string of the molecule is CCCCCCCCCCCCC[SiH](Cl)Cl. The van der Waals surface area contributed by atoms with Gasteiger partial charge in [0, 0.05) is 0 Å². The third kappa shape index (κ3) is 14.8. The van der Waals surface area contributed by atoms with E-state index in [1.54, 1.807) is 0 Å². The first-order chi connectivity index (χ1) is 7.77. The molecule has 0 spiro atoms. The lowest BCUT2D eigenvalue weighted by Crippen LogP contribution is -1.91. The predicted octanol–water partition coefficient (Wildman–Crippen LogP) is 6.00. The van der Waals surface area contributed by atoms with Crippen LogP contribution in [-0.2, 0) is 0 Å². The van der Waals surface area contributed by atoms with E-state index in [2.05, 4.69) is 6.92 Å². The average molecular weight is 283 g/mol. The molecule has 0 aliphatic rings. The van der Waals surface area contributed by atoms with Crippen LogP contribution >= 0.6 is 22.2 Å². The average Bonchev–Trinajstić information content (AvgIpc) is 2.25. The zero-order chi connectivity index (χ0) is 12.1. The second-order valence-electron chi connectivity index (χ2n) is 4.72. The summed E-state index contributed by atoms with van der Waals surface area (Å²) in [5, 5.41) is 0. The molecular weight excluding hydrogens is 255 g/mol. The zero-order valence-electron chi connectivity index (χ0n) is 10.8. The molecule has 98 valence electrons. The molecule has 0 fully saturated rings. The van der Waals surface area contributed by atoms with Crippen LogP contribution in [0.25, 0.3) is 0 Å². The van der Waals surface area contributed by atoms with Gasteiger partial charge in [-0.3, -0.25) is 0 Å². The molecule has 0 rings (SSSR count). The summed E-state index contributed by atoms with van der Waals surface area (Å²) in [6.07, 6.45) is 15.3. The second-order valence-corrected chi connectivity index (χ2v) is 9.91. The lowest BCUT2D eigenvalue weighted by Gasteiger charge is -2.02. The Kier molecular flexibility index (Phi) is 14.6. The highest BCUT2D eigenvalue weighted by Gasteiger charge is 2.00. The zero-order valence-corrected chi connectivity index (χ0v) is 13.5. The van der Waals surface area contributed by atoms with Gasteiger partial charge >= 0.3 is 0 Å². The summed E-state index contributed by atoms with van der Waals surface area (Å²) < 4.78 is 0. The molecule has 0 radical (unpaired) electrons. The summed E-state index contributed by atoms with van der Waals surface area (Å²) in [7, 11) is -1.31. The monoisotopic (exact) mass is 282 g/mol.